The zero-order valence-corrected chi connectivity index (χ0v) is 13.1. The summed E-state index contributed by atoms with van der Waals surface area (Å²) in [5.74, 6) is 1.67. The topological polar surface area (TPSA) is 38.5 Å². The van der Waals surface area contributed by atoms with Crippen molar-refractivity contribution in [2.45, 2.75) is 46.1 Å². The van der Waals surface area contributed by atoms with Crippen LogP contribution in [0, 0.1) is 12.8 Å². The number of nitrogens with zero attached hydrogens (tertiary/aromatic N) is 1. The molecular weight excluding hydrogens is 248 g/mol. The zero-order chi connectivity index (χ0) is 14.5. The first kappa shape index (κ1) is 15.2. The Morgan fingerprint density at radius 3 is 2.85 bits per heavy atom. The summed E-state index contributed by atoms with van der Waals surface area (Å²) in [7, 11) is 0. The highest BCUT2D eigenvalue weighted by molar-refractivity contribution is 5.56. The Morgan fingerprint density at radius 1 is 1.40 bits per heavy atom. The van der Waals surface area contributed by atoms with E-state index >= 15 is 0 Å². The Labute approximate surface area is 123 Å². The first-order chi connectivity index (χ1) is 9.56. The monoisotopic (exact) mass is 276 g/mol. The van der Waals surface area contributed by atoms with Crippen molar-refractivity contribution < 1.29 is 4.74 Å². The number of benzene rings is 1. The van der Waals surface area contributed by atoms with E-state index in [1.807, 2.05) is 0 Å². The van der Waals surface area contributed by atoms with Gasteiger partial charge in [-0.3, -0.25) is 0 Å². The highest BCUT2D eigenvalue weighted by atomic mass is 16.5. The van der Waals surface area contributed by atoms with Crippen molar-refractivity contribution in [3.63, 3.8) is 0 Å². The van der Waals surface area contributed by atoms with Crippen molar-refractivity contribution in [2.24, 2.45) is 11.7 Å². The lowest BCUT2D eigenvalue weighted by Gasteiger charge is -2.33. The van der Waals surface area contributed by atoms with Crippen molar-refractivity contribution in [2.75, 3.05) is 24.6 Å². The number of nitrogens with two attached hydrogens (primary N) is 1. The lowest BCUT2D eigenvalue weighted by molar-refractivity contribution is 0.289. The summed E-state index contributed by atoms with van der Waals surface area (Å²) in [6.45, 7) is 9.47. The number of anilines is 1. The van der Waals surface area contributed by atoms with Gasteiger partial charge in [0, 0.05) is 24.8 Å². The molecule has 1 aromatic carbocycles. The van der Waals surface area contributed by atoms with Crippen LogP contribution in [0.4, 0.5) is 5.69 Å². The van der Waals surface area contributed by atoms with Crippen molar-refractivity contribution in [1.82, 2.24) is 0 Å². The van der Waals surface area contributed by atoms with Crippen LogP contribution in [-0.4, -0.2) is 25.7 Å². The third-order valence-electron chi connectivity index (χ3n) is 3.93. The Bertz CT molecular complexity index is 431. The van der Waals surface area contributed by atoms with Crippen LogP contribution in [0.25, 0.3) is 0 Å². The summed E-state index contributed by atoms with van der Waals surface area (Å²) < 4.78 is 5.82. The summed E-state index contributed by atoms with van der Waals surface area (Å²) in [5, 5.41) is 0. The van der Waals surface area contributed by atoms with E-state index in [1.54, 1.807) is 0 Å². The van der Waals surface area contributed by atoms with Gasteiger partial charge in [-0.1, -0.05) is 13.8 Å². The molecule has 0 radical (unpaired) electrons. The molecule has 3 nitrogen and oxygen atoms in total. The van der Waals surface area contributed by atoms with Gasteiger partial charge in [0.05, 0.1) is 6.61 Å². The maximum atomic E-state index is 6.07. The second-order valence-corrected chi connectivity index (χ2v) is 6.33. The molecule has 1 atom stereocenters. The molecule has 2 rings (SSSR count). The van der Waals surface area contributed by atoms with Gasteiger partial charge in [-0.15, -0.1) is 0 Å². The molecule has 1 aliphatic rings. The Morgan fingerprint density at radius 2 is 2.20 bits per heavy atom. The van der Waals surface area contributed by atoms with Gasteiger partial charge in [-0.25, -0.2) is 0 Å². The summed E-state index contributed by atoms with van der Waals surface area (Å²) in [6, 6.07) is 6.72. The highest BCUT2D eigenvalue weighted by Crippen LogP contribution is 2.27. The van der Waals surface area contributed by atoms with Crippen LogP contribution in [0.5, 0.6) is 5.75 Å². The van der Waals surface area contributed by atoms with Crippen molar-refractivity contribution >= 4 is 5.69 Å². The van der Waals surface area contributed by atoms with Gasteiger partial charge in [0.15, 0.2) is 0 Å². The quantitative estimate of drug-likeness (QED) is 0.896. The smallest absolute Gasteiger partial charge is 0.119 e. The summed E-state index contributed by atoms with van der Waals surface area (Å²) in [5.41, 5.74) is 8.65. The predicted octanol–water partition coefficient (Wildman–Crippen LogP) is 3.35. The molecule has 0 amide bonds. The maximum Gasteiger partial charge on any atom is 0.119 e. The molecule has 1 aliphatic heterocycles. The molecular formula is C17H28N2O. The van der Waals surface area contributed by atoms with Gasteiger partial charge in [0.1, 0.15) is 5.75 Å². The zero-order valence-electron chi connectivity index (χ0n) is 13.1. The van der Waals surface area contributed by atoms with E-state index in [0.29, 0.717) is 12.0 Å². The van der Waals surface area contributed by atoms with E-state index in [2.05, 4.69) is 43.9 Å². The number of rotatable bonds is 5. The first-order valence-electron chi connectivity index (χ1n) is 7.80. The number of hydrogen-bond acceptors (Lipinski definition) is 3. The summed E-state index contributed by atoms with van der Waals surface area (Å²) >= 11 is 0. The summed E-state index contributed by atoms with van der Waals surface area (Å²) in [4.78, 5) is 2.40. The SMILES string of the molecule is Cc1cc(OCCC(C)C)ccc1N1CCCC(N)C1. The minimum absolute atomic E-state index is 0.310. The van der Waals surface area contributed by atoms with Crippen LogP contribution < -0.4 is 15.4 Å². The third kappa shape index (κ3) is 4.14. The number of aryl methyl sites for hydroxylation is 1. The molecule has 0 aliphatic carbocycles. The van der Waals surface area contributed by atoms with Crippen LogP contribution in [0.15, 0.2) is 18.2 Å². The fourth-order valence-corrected chi connectivity index (χ4v) is 2.71. The number of hydrogen-bond donors (Lipinski definition) is 1. The standard InChI is InChI=1S/C17H28N2O/c1-13(2)8-10-20-16-6-7-17(14(3)11-16)19-9-4-5-15(18)12-19/h6-7,11,13,15H,4-5,8-10,12,18H2,1-3H3. The molecule has 0 bridgehead atoms. The van der Waals surface area contributed by atoms with Gasteiger partial charge in [-0.05, 0) is 55.9 Å². The highest BCUT2D eigenvalue weighted by Gasteiger charge is 2.18. The van der Waals surface area contributed by atoms with E-state index in [-0.39, 0.29) is 0 Å². The lowest BCUT2D eigenvalue weighted by atomic mass is 10.0. The Kier molecular flexibility index (Phi) is 5.30. The van der Waals surface area contributed by atoms with Crippen LogP contribution in [0.1, 0.15) is 38.7 Å². The van der Waals surface area contributed by atoms with Gasteiger partial charge in [0.2, 0.25) is 0 Å². The number of ether oxygens (including phenoxy) is 1. The van der Waals surface area contributed by atoms with Crippen LogP contribution in [-0.2, 0) is 0 Å². The third-order valence-corrected chi connectivity index (χ3v) is 3.93. The second kappa shape index (κ2) is 6.98. The predicted molar refractivity (Wildman–Crippen MR) is 85.6 cm³/mol. The van der Waals surface area contributed by atoms with Gasteiger partial charge < -0.3 is 15.4 Å². The molecule has 0 spiro atoms. The van der Waals surface area contributed by atoms with Gasteiger partial charge in [0.25, 0.3) is 0 Å². The molecule has 1 saturated heterocycles. The molecule has 3 heteroatoms. The van der Waals surface area contributed by atoms with Gasteiger partial charge >= 0.3 is 0 Å². The normalized spacial score (nSPS) is 19.4. The van der Waals surface area contributed by atoms with E-state index in [4.69, 9.17) is 10.5 Å². The fourth-order valence-electron chi connectivity index (χ4n) is 2.71. The van der Waals surface area contributed by atoms with Crippen molar-refractivity contribution in [3.05, 3.63) is 23.8 Å². The van der Waals surface area contributed by atoms with E-state index in [1.165, 1.54) is 17.7 Å². The van der Waals surface area contributed by atoms with E-state index in [9.17, 15) is 0 Å². The molecule has 1 aromatic rings. The van der Waals surface area contributed by atoms with Crippen LogP contribution in [0.2, 0.25) is 0 Å². The van der Waals surface area contributed by atoms with Crippen molar-refractivity contribution in [3.8, 4) is 5.75 Å². The average molecular weight is 276 g/mol. The Balaban J connectivity index is 1.98. The maximum absolute atomic E-state index is 6.07. The first-order valence-corrected chi connectivity index (χ1v) is 7.80. The van der Waals surface area contributed by atoms with Crippen molar-refractivity contribution in [1.29, 1.82) is 0 Å². The second-order valence-electron chi connectivity index (χ2n) is 6.33. The molecule has 112 valence electrons. The minimum Gasteiger partial charge on any atom is -0.494 e. The molecule has 1 heterocycles. The molecule has 2 N–H and O–H groups in total. The number of piperidine rings is 1. The van der Waals surface area contributed by atoms with E-state index in [0.717, 1.165) is 38.3 Å². The summed E-state index contributed by atoms with van der Waals surface area (Å²) in [6.07, 6.45) is 3.43. The lowest BCUT2D eigenvalue weighted by Crippen LogP contribution is -2.43. The van der Waals surface area contributed by atoms with Crippen LogP contribution >= 0.6 is 0 Å². The molecule has 1 fully saturated rings. The van der Waals surface area contributed by atoms with E-state index < -0.39 is 0 Å². The largest absolute Gasteiger partial charge is 0.494 e. The minimum atomic E-state index is 0.310. The fraction of sp³-hybridized carbons (Fsp3) is 0.647. The Hall–Kier alpha value is -1.22. The van der Waals surface area contributed by atoms with Gasteiger partial charge in [-0.2, -0.15) is 0 Å². The molecule has 0 saturated carbocycles. The average Bonchev–Trinajstić information content (AvgIpc) is 2.38. The molecule has 0 aromatic heterocycles. The molecule has 1 unspecified atom stereocenters. The molecule has 20 heavy (non-hydrogen) atoms. The van der Waals surface area contributed by atoms with Crippen LogP contribution in [0.3, 0.4) is 0 Å².